The molecule has 3 saturated heterocycles. The molecule has 342 valence electrons. The minimum atomic E-state index is -0.756. The topological polar surface area (TPSA) is 253 Å². The molecule has 5 heterocycles. The van der Waals surface area contributed by atoms with E-state index in [1.54, 1.807) is 24.4 Å². The summed E-state index contributed by atoms with van der Waals surface area (Å²) in [5, 5.41) is 32.5. The van der Waals surface area contributed by atoms with Crippen LogP contribution in [0, 0.1) is 30.3 Å². The van der Waals surface area contributed by atoms with E-state index >= 15 is 0 Å². The Hall–Kier alpha value is -5.25. The highest BCUT2D eigenvalue weighted by molar-refractivity contribution is 6.34. The minimum absolute atomic E-state index is 0.0620. The van der Waals surface area contributed by atoms with Crippen LogP contribution in [0.4, 0.5) is 22.7 Å². The number of carbonyl (C=O) groups excluding carboxylic acids is 2. The van der Waals surface area contributed by atoms with Crippen molar-refractivity contribution in [3.63, 3.8) is 0 Å². The van der Waals surface area contributed by atoms with Gasteiger partial charge in [0, 0.05) is 64.5 Å². The Morgan fingerprint density at radius 3 is 1.52 bits per heavy atom. The zero-order valence-electron chi connectivity index (χ0n) is 35.7. The van der Waals surface area contributed by atoms with Gasteiger partial charge in [-0.05, 0) is 65.8 Å². The van der Waals surface area contributed by atoms with E-state index in [-0.39, 0.29) is 51.2 Å². The maximum atomic E-state index is 11.6. The smallest absolute Gasteiger partial charge is 0.335 e. The third kappa shape index (κ3) is 13.9. The summed E-state index contributed by atoms with van der Waals surface area (Å²) in [4.78, 5) is 66.6. The molecular weight excluding hydrogens is 889 g/mol. The lowest BCUT2D eigenvalue weighted by Crippen LogP contribution is -2.48. The maximum absolute atomic E-state index is 11.6. The van der Waals surface area contributed by atoms with Crippen molar-refractivity contribution in [2.75, 3.05) is 74.6 Å². The van der Waals surface area contributed by atoms with Gasteiger partial charge in [0.05, 0.1) is 62.8 Å². The van der Waals surface area contributed by atoms with Crippen LogP contribution < -0.4 is 15.5 Å². The number of hydrogen-bond donors (Lipinski definition) is 1. The molecule has 0 unspecified atom stereocenters. The van der Waals surface area contributed by atoms with Crippen LogP contribution in [0.3, 0.4) is 0 Å². The number of allylic oxidation sites excluding steroid dienone is 7. The number of Topliss-reactive ketones (excluding diaryl/α,β-unsaturated/α-hetero) is 2. The second-order valence-electron chi connectivity index (χ2n) is 16.4. The average Bonchev–Trinajstić information content (AvgIpc) is 3.18. The first-order valence-corrected chi connectivity index (χ1v) is 20.7. The molecule has 0 bridgehead atoms. The van der Waals surface area contributed by atoms with E-state index in [4.69, 9.17) is 54.7 Å². The second-order valence-corrected chi connectivity index (χ2v) is 17.5. The number of pyridine rings is 2. The van der Waals surface area contributed by atoms with Gasteiger partial charge in [0.2, 0.25) is 16.7 Å². The Labute approximate surface area is 378 Å². The van der Waals surface area contributed by atoms with Gasteiger partial charge in [0.1, 0.15) is 16.4 Å². The number of rotatable bonds is 6. The summed E-state index contributed by atoms with van der Waals surface area (Å²) in [6.07, 6.45) is 9.52. The molecule has 2 N–H and O–H groups in total. The molecule has 0 saturated carbocycles. The van der Waals surface area contributed by atoms with Crippen LogP contribution in [0.25, 0.3) is 0 Å². The summed E-state index contributed by atoms with van der Waals surface area (Å²) >= 11 is 17.1. The van der Waals surface area contributed by atoms with Crippen LogP contribution in [0.5, 0.6) is 0 Å². The molecule has 0 atom stereocenters. The normalized spacial score (nSPS) is 20.1. The molecule has 0 spiro atoms. The Kier molecular flexibility index (Phi) is 17.1. The molecule has 2 aromatic heterocycles. The summed E-state index contributed by atoms with van der Waals surface area (Å²) in [5.74, 6) is -0.968. The SMILES string of the molecule is CC1(C)CN(C2=C([N+](=O)[O-])C(=O)CC=C2)CCO1.CC1(C)CN(c2ccnc(Cl)c2N)CCO1.CC1(C)CN(c2ccnc(Cl)c2[N+](=O)[O-])CCO1.O=C1CC=CC(Cl)=C1[N+](=O)[O-]. The number of nitrogen functional groups attached to an aromatic ring is 1. The molecule has 3 aliphatic heterocycles. The van der Waals surface area contributed by atoms with Crippen LogP contribution in [0.2, 0.25) is 10.3 Å². The molecule has 63 heavy (non-hydrogen) atoms. The van der Waals surface area contributed by atoms with Crippen LogP contribution >= 0.6 is 34.8 Å². The summed E-state index contributed by atoms with van der Waals surface area (Å²) in [7, 11) is 0. The van der Waals surface area contributed by atoms with Crippen molar-refractivity contribution < 1.29 is 38.6 Å². The van der Waals surface area contributed by atoms with E-state index in [0.717, 1.165) is 18.8 Å². The van der Waals surface area contributed by atoms with Crippen molar-refractivity contribution in [3.8, 4) is 0 Å². The van der Waals surface area contributed by atoms with Crippen LogP contribution in [0.1, 0.15) is 54.4 Å². The van der Waals surface area contributed by atoms with Gasteiger partial charge in [-0.3, -0.25) is 39.9 Å². The van der Waals surface area contributed by atoms with Crippen LogP contribution in [-0.2, 0) is 23.8 Å². The Morgan fingerprint density at radius 2 is 1.06 bits per heavy atom. The van der Waals surface area contributed by atoms with Gasteiger partial charge in [-0.15, -0.1) is 0 Å². The Morgan fingerprint density at radius 1 is 0.635 bits per heavy atom. The quantitative estimate of drug-likeness (QED) is 0.183. The van der Waals surface area contributed by atoms with Crippen molar-refractivity contribution >= 4 is 69.1 Å². The van der Waals surface area contributed by atoms with Crippen molar-refractivity contribution in [1.82, 2.24) is 14.9 Å². The number of nitrogens with zero attached hydrogens (tertiary/aromatic N) is 8. The van der Waals surface area contributed by atoms with Gasteiger partial charge in [-0.2, -0.15) is 0 Å². The zero-order chi connectivity index (χ0) is 46.9. The molecule has 23 heteroatoms. The van der Waals surface area contributed by atoms with Gasteiger partial charge < -0.3 is 34.6 Å². The fraction of sp³-hybridized carbons (Fsp3) is 0.500. The highest BCUT2D eigenvalue weighted by Gasteiger charge is 2.36. The molecule has 3 fully saturated rings. The third-order valence-corrected chi connectivity index (χ3v) is 10.6. The Bertz CT molecular complexity index is 2210. The number of morpholine rings is 3. The number of ether oxygens (including phenoxy) is 3. The Balaban J connectivity index is 0.000000187. The summed E-state index contributed by atoms with van der Waals surface area (Å²) in [6, 6.07) is 3.51. The fourth-order valence-electron chi connectivity index (χ4n) is 7.04. The molecule has 0 radical (unpaired) electrons. The third-order valence-electron chi connectivity index (χ3n) is 9.77. The number of halogens is 3. The lowest BCUT2D eigenvalue weighted by Gasteiger charge is -2.39. The number of ketones is 2. The fourth-order valence-corrected chi connectivity index (χ4v) is 7.68. The zero-order valence-corrected chi connectivity index (χ0v) is 37.9. The number of carbonyl (C=O) groups is 2. The van der Waals surface area contributed by atoms with Crippen molar-refractivity contribution in [1.29, 1.82) is 0 Å². The number of anilines is 3. The molecule has 20 nitrogen and oxygen atoms in total. The van der Waals surface area contributed by atoms with Crippen molar-refractivity contribution in [2.45, 2.75) is 71.2 Å². The first-order chi connectivity index (χ1) is 29.4. The highest BCUT2D eigenvalue weighted by Crippen LogP contribution is 2.36. The molecule has 0 amide bonds. The van der Waals surface area contributed by atoms with Gasteiger partial charge in [-0.1, -0.05) is 47.0 Å². The van der Waals surface area contributed by atoms with Crippen LogP contribution in [-0.4, -0.2) is 117 Å². The van der Waals surface area contributed by atoms with E-state index < -0.39 is 32.0 Å². The number of aromatic nitrogens is 2. The highest BCUT2D eigenvalue weighted by atomic mass is 35.5. The van der Waals surface area contributed by atoms with Crippen molar-refractivity contribution in [2.24, 2.45) is 0 Å². The standard InChI is InChI=1S/C12H16N2O4.C11H14ClN3O3.C11H16ClN3O.C6H4ClNO3/c1-12(2)8-13(6-7-18-12)9-4-3-5-10(15)11(9)14(16)17;1-11(2)7-14(5-6-18-11)8-3-4-13-10(12)9(8)15(16)17;1-11(2)7-15(5-6-16-11)8-3-4-14-10(12)9(8)13;7-4-2-1-3-5(9)6(4)8(10)11/h3-4H,5-8H2,1-2H3;3-4H,5-7H2,1-2H3;3-4H,5-7,13H2,1-2H3;1-2H,3H2. The first-order valence-electron chi connectivity index (χ1n) is 19.6. The second kappa shape index (κ2) is 21.4. The predicted molar refractivity (Wildman–Crippen MR) is 237 cm³/mol. The lowest BCUT2D eigenvalue weighted by molar-refractivity contribution is -0.421. The van der Waals surface area contributed by atoms with E-state index in [1.165, 1.54) is 18.3 Å². The molecule has 2 aromatic rings. The van der Waals surface area contributed by atoms with Gasteiger partial charge in [0.25, 0.3) is 0 Å². The van der Waals surface area contributed by atoms with Crippen molar-refractivity contribution in [3.05, 3.63) is 112 Å². The molecular formula is C40H50Cl3N9O11. The van der Waals surface area contributed by atoms with E-state index in [0.29, 0.717) is 68.2 Å². The molecule has 0 aromatic carbocycles. The first kappa shape index (κ1) is 50.4. The maximum Gasteiger partial charge on any atom is 0.335 e. The molecule has 2 aliphatic carbocycles. The molecule has 7 rings (SSSR count). The van der Waals surface area contributed by atoms with E-state index in [1.807, 2.05) is 43.6 Å². The number of nitrogens with two attached hydrogens (primary N) is 1. The van der Waals surface area contributed by atoms with Gasteiger partial charge in [-0.25, -0.2) is 9.97 Å². The monoisotopic (exact) mass is 937 g/mol. The summed E-state index contributed by atoms with van der Waals surface area (Å²) in [6.45, 7) is 17.5. The largest absolute Gasteiger partial charge is 0.395 e. The number of nitro groups is 3. The average molecular weight is 939 g/mol. The predicted octanol–water partition coefficient (Wildman–Crippen LogP) is 6.55. The minimum Gasteiger partial charge on any atom is -0.395 e. The lowest BCUT2D eigenvalue weighted by atomic mass is 10.0. The summed E-state index contributed by atoms with van der Waals surface area (Å²) < 4.78 is 16.8. The summed E-state index contributed by atoms with van der Waals surface area (Å²) in [5.41, 5.74) is 6.53. The van der Waals surface area contributed by atoms with Crippen LogP contribution in [0.15, 0.2) is 71.0 Å². The van der Waals surface area contributed by atoms with Gasteiger partial charge >= 0.3 is 17.1 Å². The van der Waals surface area contributed by atoms with Gasteiger partial charge in [0.15, 0.2) is 5.15 Å². The van der Waals surface area contributed by atoms with E-state index in [9.17, 15) is 39.9 Å². The molecule has 5 aliphatic rings. The van der Waals surface area contributed by atoms with E-state index in [2.05, 4.69) is 28.7 Å². The number of hydrogen-bond acceptors (Lipinski definition) is 17.